The lowest BCUT2D eigenvalue weighted by Gasteiger charge is -2.11. The van der Waals surface area contributed by atoms with Gasteiger partial charge in [0.2, 0.25) is 0 Å². The molecule has 3 rings (SSSR count). The second-order valence-electron chi connectivity index (χ2n) is 7.23. The van der Waals surface area contributed by atoms with Crippen molar-refractivity contribution in [3.8, 4) is 0 Å². The number of hydrogen-bond donors (Lipinski definition) is 1. The molecule has 0 bridgehead atoms. The molecule has 1 saturated heterocycles. The summed E-state index contributed by atoms with van der Waals surface area (Å²) in [7, 11) is -6.08. The fraction of sp³-hybridized carbons (Fsp3) is 0.263. The molecule has 0 aromatic heterocycles. The van der Waals surface area contributed by atoms with Crippen molar-refractivity contribution >= 4 is 43.0 Å². The third-order valence-electron chi connectivity index (χ3n) is 4.74. The molecule has 1 N–H and O–H groups in total. The monoisotopic (exact) mass is 480 g/mol. The molecule has 32 heavy (non-hydrogen) atoms. The maximum Gasteiger partial charge on any atom is 0.284 e. The van der Waals surface area contributed by atoms with Gasteiger partial charge in [-0.3, -0.25) is 14.9 Å². The lowest BCUT2D eigenvalue weighted by Crippen LogP contribution is -2.20. The molecular formula is C19H20N4O7S2. The highest BCUT2D eigenvalue weighted by Crippen LogP contribution is 2.23. The molecule has 0 aliphatic carbocycles. The fourth-order valence-corrected chi connectivity index (χ4v) is 4.89. The molecule has 0 saturated carbocycles. The lowest BCUT2D eigenvalue weighted by atomic mass is 10.2. The highest BCUT2D eigenvalue weighted by Gasteiger charge is 2.22. The van der Waals surface area contributed by atoms with Crippen molar-refractivity contribution in [1.82, 2.24) is 4.90 Å². The second-order valence-corrected chi connectivity index (χ2v) is 10.9. The molecule has 2 aromatic rings. The van der Waals surface area contributed by atoms with E-state index in [1.165, 1.54) is 24.3 Å². The van der Waals surface area contributed by atoms with Gasteiger partial charge in [0.25, 0.3) is 21.6 Å². The molecule has 1 aliphatic heterocycles. The number of nitrogens with zero attached hydrogens (tertiary/aromatic N) is 3. The van der Waals surface area contributed by atoms with Gasteiger partial charge < -0.3 is 10.2 Å². The summed E-state index contributed by atoms with van der Waals surface area (Å²) in [6.45, 7) is 0.711. The zero-order valence-corrected chi connectivity index (χ0v) is 18.8. The molecule has 1 aliphatic rings. The number of nitro groups is 1. The zero-order chi connectivity index (χ0) is 23.7. The van der Waals surface area contributed by atoms with Crippen molar-refractivity contribution in [3.63, 3.8) is 0 Å². The average Bonchev–Trinajstić information content (AvgIpc) is 3.11. The van der Waals surface area contributed by atoms with Gasteiger partial charge in [0.15, 0.2) is 9.84 Å². The molecule has 0 spiro atoms. The van der Waals surface area contributed by atoms with Crippen LogP contribution in [0.1, 0.15) is 23.2 Å². The summed E-state index contributed by atoms with van der Waals surface area (Å²) in [6, 6.07) is 8.20. The minimum atomic E-state index is -4.02. The second kappa shape index (κ2) is 8.67. The summed E-state index contributed by atoms with van der Waals surface area (Å²) in [4.78, 5) is 24.2. The van der Waals surface area contributed by atoms with E-state index < -0.39 is 36.4 Å². The summed E-state index contributed by atoms with van der Waals surface area (Å²) >= 11 is 0. The first kappa shape index (κ1) is 23.3. The molecule has 2 aromatic carbocycles. The van der Waals surface area contributed by atoms with Gasteiger partial charge in [-0.15, -0.1) is 4.40 Å². The van der Waals surface area contributed by atoms with Crippen LogP contribution in [0.3, 0.4) is 0 Å². The van der Waals surface area contributed by atoms with Crippen LogP contribution in [0, 0.1) is 10.1 Å². The molecule has 11 nitrogen and oxygen atoms in total. The van der Waals surface area contributed by atoms with E-state index in [9.17, 15) is 31.7 Å². The number of carbonyl (C=O) groups excluding carboxylic acids is 1. The Balaban J connectivity index is 1.91. The Kier molecular flexibility index (Phi) is 6.32. The number of hydrogen-bond acceptors (Lipinski definition) is 7. The number of rotatable bonds is 6. The maximum atomic E-state index is 12.6. The van der Waals surface area contributed by atoms with Crippen molar-refractivity contribution in [3.05, 3.63) is 58.1 Å². The number of nitro benzene ring substituents is 1. The molecule has 1 fully saturated rings. The number of amidine groups is 1. The predicted molar refractivity (Wildman–Crippen MR) is 117 cm³/mol. The van der Waals surface area contributed by atoms with Crippen LogP contribution in [0.4, 0.5) is 11.4 Å². The van der Waals surface area contributed by atoms with E-state index in [0.29, 0.717) is 18.8 Å². The van der Waals surface area contributed by atoms with Crippen LogP contribution in [0.2, 0.25) is 0 Å². The van der Waals surface area contributed by atoms with E-state index in [0.717, 1.165) is 30.9 Å². The average molecular weight is 481 g/mol. The number of non-ortho nitro benzene ring substituents is 1. The molecule has 0 atom stereocenters. The van der Waals surface area contributed by atoms with Gasteiger partial charge in [-0.1, -0.05) is 6.07 Å². The number of benzene rings is 2. The Morgan fingerprint density at radius 3 is 2.44 bits per heavy atom. The quantitative estimate of drug-likeness (QED) is 0.486. The zero-order valence-electron chi connectivity index (χ0n) is 17.2. The molecule has 1 amide bonds. The van der Waals surface area contributed by atoms with Crippen LogP contribution in [0.5, 0.6) is 0 Å². The highest BCUT2D eigenvalue weighted by atomic mass is 32.2. The topological polar surface area (TPSA) is 156 Å². The van der Waals surface area contributed by atoms with Crippen LogP contribution < -0.4 is 5.32 Å². The summed E-state index contributed by atoms with van der Waals surface area (Å²) < 4.78 is 52.8. The fourth-order valence-electron chi connectivity index (χ4n) is 3.07. The van der Waals surface area contributed by atoms with Gasteiger partial charge >= 0.3 is 0 Å². The van der Waals surface area contributed by atoms with E-state index in [1.54, 1.807) is 11.9 Å². The summed E-state index contributed by atoms with van der Waals surface area (Å²) in [6.07, 6.45) is 2.21. The van der Waals surface area contributed by atoms with Crippen molar-refractivity contribution in [2.45, 2.75) is 22.6 Å². The van der Waals surface area contributed by atoms with E-state index in [4.69, 9.17) is 0 Å². The van der Waals surface area contributed by atoms with Gasteiger partial charge in [-0.2, -0.15) is 8.42 Å². The molecule has 1 heterocycles. The highest BCUT2D eigenvalue weighted by molar-refractivity contribution is 7.90. The largest absolute Gasteiger partial charge is 0.362 e. The smallest absolute Gasteiger partial charge is 0.284 e. The standard InChI is InChI=1S/C19H20N4O7S2/c1-22-8-4-7-18(22)21-32(29,30)16-6-3-5-14(11-16)20-19(24)13-9-15(23(25)26)12-17(10-13)31(2,27)28/h3,5-6,9-12H,4,7-8H2,1-2H3,(H,20,24)/b21-18+. The predicted octanol–water partition coefficient (Wildman–Crippen LogP) is 2.06. The van der Waals surface area contributed by atoms with Gasteiger partial charge in [0.1, 0.15) is 5.84 Å². The molecule has 170 valence electrons. The van der Waals surface area contributed by atoms with Crippen LogP contribution in [0.25, 0.3) is 0 Å². The SMILES string of the molecule is CN1CCC/C1=N\S(=O)(=O)c1cccc(NC(=O)c2cc([N+](=O)[O-])cc(S(C)(=O)=O)c2)c1. The normalized spacial score (nSPS) is 15.7. The number of amides is 1. The number of nitrogens with one attached hydrogen (secondary N) is 1. The van der Waals surface area contributed by atoms with Crippen LogP contribution in [-0.2, 0) is 19.9 Å². The van der Waals surface area contributed by atoms with Gasteiger partial charge in [-0.25, -0.2) is 8.42 Å². The van der Waals surface area contributed by atoms with Crippen LogP contribution in [-0.4, -0.2) is 58.2 Å². The Morgan fingerprint density at radius 2 is 1.84 bits per heavy atom. The van der Waals surface area contributed by atoms with Gasteiger partial charge in [-0.05, 0) is 30.7 Å². The van der Waals surface area contributed by atoms with Crippen molar-refractivity contribution < 1.29 is 26.6 Å². The van der Waals surface area contributed by atoms with Gasteiger partial charge in [0, 0.05) is 49.7 Å². The van der Waals surface area contributed by atoms with Crippen molar-refractivity contribution in [1.29, 1.82) is 0 Å². The summed E-state index contributed by atoms with van der Waals surface area (Å²) in [5.41, 5.74) is -0.727. The van der Waals surface area contributed by atoms with Crippen LogP contribution >= 0.6 is 0 Å². The number of likely N-dealkylation sites (tertiary alicyclic amines) is 1. The van der Waals surface area contributed by atoms with Crippen molar-refractivity contribution in [2.75, 3.05) is 25.2 Å². The molecule has 13 heteroatoms. The van der Waals surface area contributed by atoms with Crippen molar-refractivity contribution in [2.24, 2.45) is 4.40 Å². The third kappa shape index (κ3) is 5.29. The minimum Gasteiger partial charge on any atom is -0.362 e. The summed E-state index contributed by atoms with van der Waals surface area (Å²) in [5, 5.41) is 13.6. The van der Waals surface area contributed by atoms with E-state index in [2.05, 4.69) is 9.71 Å². The number of anilines is 1. The molecular weight excluding hydrogens is 460 g/mol. The molecule has 0 radical (unpaired) electrons. The van der Waals surface area contributed by atoms with Crippen LogP contribution in [0.15, 0.2) is 56.7 Å². The minimum absolute atomic E-state index is 0.100. The van der Waals surface area contributed by atoms with E-state index >= 15 is 0 Å². The first-order valence-electron chi connectivity index (χ1n) is 9.33. The Morgan fingerprint density at radius 1 is 1.12 bits per heavy atom. The number of sulfonamides is 1. The maximum absolute atomic E-state index is 12.6. The Bertz CT molecular complexity index is 1340. The summed E-state index contributed by atoms with van der Waals surface area (Å²) in [5.74, 6) is -0.390. The Hall–Kier alpha value is -3.32. The lowest BCUT2D eigenvalue weighted by molar-refractivity contribution is -0.385. The number of sulfone groups is 1. The number of carbonyl (C=O) groups is 1. The first-order valence-corrected chi connectivity index (χ1v) is 12.7. The third-order valence-corrected chi connectivity index (χ3v) is 7.14. The van der Waals surface area contributed by atoms with E-state index in [1.807, 2.05) is 0 Å². The van der Waals surface area contributed by atoms with Gasteiger partial charge in [0.05, 0.1) is 14.7 Å². The molecule has 0 unspecified atom stereocenters. The van der Waals surface area contributed by atoms with E-state index in [-0.39, 0.29) is 21.0 Å². The first-order chi connectivity index (χ1) is 14.9. The Labute approximate surface area is 184 Å².